The van der Waals surface area contributed by atoms with Crippen molar-refractivity contribution in [1.29, 1.82) is 0 Å². The molecule has 0 saturated heterocycles. The summed E-state index contributed by atoms with van der Waals surface area (Å²) in [6, 6.07) is 1.78. The monoisotopic (exact) mass is 223 g/mol. The van der Waals surface area contributed by atoms with Gasteiger partial charge in [-0.15, -0.1) is 11.6 Å². The number of nitrogens with one attached hydrogen (secondary N) is 1. The number of aromatic amines is 1. The van der Waals surface area contributed by atoms with E-state index in [1.165, 1.54) is 6.20 Å². The standard InChI is InChI=1S/C10H10ClN3O/c1-10(2,11)8-3-6-4-13-14-9(15)7(6)5-12-8/h3-5H,1-2H3,(H,14,15). The smallest absolute Gasteiger partial charge is 0.267 e. The molecule has 5 heteroatoms. The number of hydrogen-bond acceptors (Lipinski definition) is 3. The van der Waals surface area contributed by atoms with Crippen molar-refractivity contribution in [2.75, 3.05) is 0 Å². The first-order chi connectivity index (χ1) is 6.98. The average molecular weight is 224 g/mol. The predicted octanol–water partition coefficient (Wildman–Crippen LogP) is 1.79. The number of nitrogens with zero attached hydrogens (tertiary/aromatic N) is 2. The molecule has 0 unspecified atom stereocenters. The van der Waals surface area contributed by atoms with Crippen molar-refractivity contribution in [2.24, 2.45) is 0 Å². The summed E-state index contributed by atoms with van der Waals surface area (Å²) in [6.45, 7) is 3.70. The fraction of sp³-hybridized carbons (Fsp3) is 0.300. The predicted molar refractivity (Wildman–Crippen MR) is 59.0 cm³/mol. The van der Waals surface area contributed by atoms with Gasteiger partial charge in [0.15, 0.2) is 0 Å². The number of aromatic nitrogens is 3. The Labute approximate surface area is 91.3 Å². The first-order valence-corrected chi connectivity index (χ1v) is 4.89. The van der Waals surface area contributed by atoms with Gasteiger partial charge in [0.2, 0.25) is 0 Å². The zero-order chi connectivity index (χ0) is 11.1. The van der Waals surface area contributed by atoms with Gasteiger partial charge in [0.05, 0.1) is 22.2 Å². The van der Waals surface area contributed by atoms with Crippen molar-refractivity contribution in [3.05, 3.63) is 34.5 Å². The molecule has 1 N–H and O–H groups in total. The van der Waals surface area contributed by atoms with Gasteiger partial charge in [-0.2, -0.15) is 5.10 Å². The van der Waals surface area contributed by atoms with Crippen LogP contribution in [0.15, 0.2) is 23.3 Å². The van der Waals surface area contributed by atoms with E-state index in [-0.39, 0.29) is 5.56 Å². The summed E-state index contributed by atoms with van der Waals surface area (Å²) in [5.41, 5.74) is 0.489. The molecular formula is C10H10ClN3O. The minimum atomic E-state index is -0.545. The summed E-state index contributed by atoms with van der Waals surface area (Å²) >= 11 is 6.13. The van der Waals surface area contributed by atoms with Gasteiger partial charge in [-0.25, -0.2) is 5.10 Å². The first kappa shape index (κ1) is 10.1. The lowest BCUT2D eigenvalue weighted by atomic mass is 10.1. The van der Waals surface area contributed by atoms with Crippen molar-refractivity contribution >= 4 is 22.4 Å². The van der Waals surface area contributed by atoms with Crippen LogP contribution in [0.25, 0.3) is 10.8 Å². The highest BCUT2D eigenvalue weighted by Gasteiger charge is 2.18. The average Bonchev–Trinajstić information content (AvgIpc) is 2.16. The molecule has 0 fully saturated rings. The topological polar surface area (TPSA) is 58.6 Å². The molecule has 0 aliphatic carbocycles. The minimum absolute atomic E-state index is 0.237. The van der Waals surface area contributed by atoms with Gasteiger partial charge in [-0.05, 0) is 19.9 Å². The van der Waals surface area contributed by atoms with Gasteiger partial charge < -0.3 is 0 Å². The van der Waals surface area contributed by atoms with E-state index < -0.39 is 4.87 Å². The Kier molecular flexibility index (Phi) is 2.23. The molecule has 0 saturated carbocycles. The molecule has 0 aliphatic heterocycles. The number of rotatable bonds is 1. The maximum absolute atomic E-state index is 11.3. The Balaban J connectivity index is 2.73. The van der Waals surface area contributed by atoms with E-state index >= 15 is 0 Å². The van der Waals surface area contributed by atoms with E-state index in [4.69, 9.17) is 11.6 Å². The molecule has 2 aromatic heterocycles. The fourth-order valence-corrected chi connectivity index (χ4v) is 1.42. The molecule has 0 aromatic carbocycles. The Morgan fingerprint density at radius 1 is 1.40 bits per heavy atom. The molecule has 0 radical (unpaired) electrons. The second-order valence-corrected chi connectivity index (χ2v) is 4.77. The van der Waals surface area contributed by atoms with Gasteiger partial charge in [0.1, 0.15) is 0 Å². The maximum atomic E-state index is 11.3. The molecule has 0 atom stereocenters. The Hall–Kier alpha value is -1.42. The second-order valence-electron chi connectivity index (χ2n) is 3.83. The number of fused-ring (bicyclic) bond motifs is 1. The van der Waals surface area contributed by atoms with Crippen LogP contribution in [-0.2, 0) is 4.87 Å². The summed E-state index contributed by atoms with van der Waals surface area (Å²) in [6.07, 6.45) is 3.11. The fourth-order valence-electron chi connectivity index (χ4n) is 1.31. The molecule has 0 aliphatic rings. The molecule has 2 rings (SSSR count). The van der Waals surface area contributed by atoms with E-state index in [9.17, 15) is 4.79 Å². The van der Waals surface area contributed by atoms with Crippen molar-refractivity contribution in [3.63, 3.8) is 0 Å². The molecule has 15 heavy (non-hydrogen) atoms. The summed E-state index contributed by atoms with van der Waals surface area (Å²) in [5.74, 6) is 0. The van der Waals surface area contributed by atoms with Crippen LogP contribution in [0.3, 0.4) is 0 Å². The van der Waals surface area contributed by atoms with Crippen LogP contribution in [0.4, 0.5) is 0 Å². The van der Waals surface area contributed by atoms with Crippen LogP contribution in [0.2, 0.25) is 0 Å². The third-order valence-electron chi connectivity index (χ3n) is 2.16. The Morgan fingerprint density at radius 2 is 2.13 bits per heavy atom. The van der Waals surface area contributed by atoms with E-state index in [1.807, 2.05) is 13.8 Å². The maximum Gasteiger partial charge on any atom is 0.273 e. The normalized spacial score (nSPS) is 11.9. The number of pyridine rings is 1. The minimum Gasteiger partial charge on any atom is -0.267 e. The lowest BCUT2D eigenvalue weighted by molar-refractivity contribution is 0.734. The van der Waals surface area contributed by atoms with Crippen LogP contribution in [0, 0.1) is 0 Å². The first-order valence-electron chi connectivity index (χ1n) is 4.51. The van der Waals surface area contributed by atoms with E-state index in [2.05, 4.69) is 15.2 Å². The van der Waals surface area contributed by atoms with Gasteiger partial charge in [-0.3, -0.25) is 9.78 Å². The molecule has 2 heterocycles. The van der Waals surface area contributed by atoms with Crippen LogP contribution in [0.5, 0.6) is 0 Å². The van der Waals surface area contributed by atoms with Gasteiger partial charge in [0, 0.05) is 11.6 Å². The van der Waals surface area contributed by atoms with Crippen LogP contribution in [-0.4, -0.2) is 15.2 Å². The quantitative estimate of drug-likeness (QED) is 0.750. The van der Waals surface area contributed by atoms with Gasteiger partial charge >= 0.3 is 0 Å². The highest BCUT2D eigenvalue weighted by molar-refractivity contribution is 6.23. The second kappa shape index (κ2) is 3.31. The summed E-state index contributed by atoms with van der Waals surface area (Å²) in [4.78, 5) is 15.0. The number of hydrogen-bond donors (Lipinski definition) is 1. The zero-order valence-corrected chi connectivity index (χ0v) is 9.17. The van der Waals surface area contributed by atoms with Crippen molar-refractivity contribution < 1.29 is 0 Å². The molecular weight excluding hydrogens is 214 g/mol. The SMILES string of the molecule is CC(C)(Cl)c1cc2cn[nH]c(=O)c2cn1. The highest BCUT2D eigenvalue weighted by Crippen LogP contribution is 2.26. The zero-order valence-electron chi connectivity index (χ0n) is 8.41. The largest absolute Gasteiger partial charge is 0.273 e. The van der Waals surface area contributed by atoms with Gasteiger partial charge in [0.25, 0.3) is 5.56 Å². The number of alkyl halides is 1. The third kappa shape index (κ3) is 1.85. The summed E-state index contributed by atoms with van der Waals surface area (Å²) < 4.78 is 0. The van der Waals surface area contributed by atoms with Crippen LogP contribution >= 0.6 is 11.6 Å². The highest BCUT2D eigenvalue weighted by atomic mass is 35.5. The van der Waals surface area contributed by atoms with E-state index in [0.29, 0.717) is 5.39 Å². The number of H-pyrrole nitrogens is 1. The summed E-state index contributed by atoms with van der Waals surface area (Å²) in [7, 11) is 0. The van der Waals surface area contributed by atoms with Crippen molar-refractivity contribution in [2.45, 2.75) is 18.7 Å². The third-order valence-corrected chi connectivity index (χ3v) is 2.35. The lowest BCUT2D eigenvalue weighted by Crippen LogP contribution is -2.12. The van der Waals surface area contributed by atoms with Crippen LogP contribution < -0.4 is 5.56 Å². The molecule has 0 amide bonds. The number of halogens is 1. The Bertz CT molecular complexity index is 556. The molecule has 0 spiro atoms. The Morgan fingerprint density at radius 3 is 2.80 bits per heavy atom. The van der Waals surface area contributed by atoms with Gasteiger partial charge in [-0.1, -0.05) is 0 Å². The molecule has 78 valence electrons. The van der Waals surface area contributed by atoms with Crippen molar-refractivity contribution in [3.8, 4) is 0 Å². The van der Waals surface area contributed by atoms with Crippen LogP contribution in [0.1, 0.15) is 19.5 Å². The summed E-state index contributed by atoms with van der Waals surface area (Å²) in [5, 5.41) is 7.35. The molecule has 2 aromatic rings. The lowest BCUT2D eigenvalue weighted by Gasteiger charge is -2.14. The van der Waals surface area contributed by atoms with E-state index in [1.54, 1.807) is 12.3 Å². The van der Waals surface area contributed by atoms with Crippen molar-refractivity contribution in [1.82, 2.24) is 15.2 Å². The van der Waals surface area contributed by atoms with E-state index in [0.717, 1.165) is 11.1 Å². The molecule has 4 nitrogen and oxygen atoms in total. The molecule has 0 bridgehead atoms.